The van der Waals surface area contributed by atoms with E-state index in [1.54, 1.807) is 7.11 Å². The van der Waals surface area contributed by atoms with E-state index in [2.05, 4.69) is 39.3 Å². The van der Waals surface area contributed by atoms with Crippen LogP contribution in [-0.4, -0.2) is 7.11 Å². The van der Waals surface area contributed by atoms with Crippen LogP contribution in [-0.2, 0) is 6.42 Å². The molecule has 0 heterocycles. The molecule has 0 spiro atoms. The Morgan fingerprint density at radius 3 is 2.14 bits per heavy atom. The lowest BCUT2D eigenvalue weighted by atomic mass is 9.89. The first kappa shape index (κ1) is 11.1. The largest absolute Gasteiger partial charge is 0.497 e. The van der Waals surface area contributed by atoms with Gasteiger partial charge >= 0.3 is 0 Å². The molecule has 0 aliphatic rings. The maximum Gasteiger partial charge on any atom is 0.118 e. The second-order valence-corrected chi connectivity index (χ2v) is 4.62. The normalized spacial score (nSPS) is 11.4. The maximum absolute atomic E-state index is 5.10. The van der Waals surface area contributed by atoms with Crippen LogP contribution in [0, 0.1) is 11.8 Å². The molecule has 1 aromatic rings. The topological polar surface area (TPSA) is 9.23 Å². The Morgan fingerprint density at radius 1 is 1.14 bits per heavy atom. The van der Waals surface area contributed by atoms with Crippen LogP contribution < -0.4 is 4.74 Å². The number of benzene rings is 1. The van der Waals surface area contributed by atoms with Gasteiger partial charge in [0.15, 0.2) is 0 Å². The van der Waals surface area contributed by atoms with Gasteiger partial charge in [-0.05, 0) is 36.0 Å². The molecule has 0 saturated heterocycles. The van der Waals surface area contributed by atoms with Crippen molar-refractivity contribution in [2.45, 2.75) is 27.2 Å². The van der Waals surface area contributed by atoms with Crippen molar-refractivity contribution in [2.24, 2.45) is 5.41 Å². The van der Waals surface area contributed by atoms with E-state index in [9.17, 15) is 0 Å². The van der Waals surface area contributed by atoms with Crippen molar-refractivity contribution in [1.29, 1.82) is 0 Å². The van der Waals surface area contributed by atoms with Crippen molar-refractivity contribution in [3.8, 4) is 5.75 Å². The van der Waals surface area contributed by atoms with Gasteiger partial charge in [-0.1, -0.05) is 32.9 Å². The molecule has 0 aromatic heterocycles. The second-order valence-electron chi connectivity index (χ2n) is 4.62. The van der Waals surface area contributed by atoms with Gasteiger partial charge in [0, 0.05) is 0 Å². The highest BCUT2D eigenvalue weighted by molar-refractivity contribution is 5.28. The molecule has 1 nitrogen and oxygen atoms in total. The first-order valence-corrected chi connectivity index (χ1v) is 4.98. The van der Waals surface area contributed by atoms with E-state index in [0.717, 1.165) is 12.2 Å². The van der Waals surface area contributed by atoms with Crippen LogP contribution in [0.3, 0.4) is 0 Å². The molecule has 0 amide bonds. The van der Waals surface area contributed by atoms with E-state index in [0.29, 0.717) is 5.41 Å². The van der Waals surface area contributed by atoms with Crippen LogP contribution in [0.5, 0.6) is 5.75 Å². The Labute approximate surface area is 87.1 Å². The average Bonchev–Trinajstić information content (AvgIpc) is 2.14. The number of rotatable bonds is 3. The minimum atomic E-state index is 0.292. The van der Waals surface area contributed by atoms with Gasteiger partial charge in [0.1, 0.15) is 5.75 Å². The van der Waals surface area contributed by atoms with Gasteiger partial charge in [-0.3, -0.25) is 0 Å². The van der Waals surface area contributed by atoms with Gasteiger partial charge in [0.25, 0.3) is 0 Å². The van der Waals surface area contributed by atoms with Crippen LogP contribution in [0.4, 0.5) is 0 Å². The summed E-state index contributed by atoms with van der Waals surface area (Å²) in [6.07, 6.45) is 3.35. The molecule has 0 fully saturated rings. The van der Waals surface area contributed by atoms with Gasteiger partial charge in [-0.15, -0.1) is 0 Å². The highest BCUT2D eigenvalue weighted by Crippen LogP contribution is 2.21. The fourth-order valence-electron chi connectivity index (χ4n) is 1.19. The van der Waals surface area contributed by atoms with E-state index in [4.69, 9.17) is 4.74 Å². The molecule has 0 unspecified atom stereocenters. The third kappa shape index (κ3) is 3.82. The molecule has 1 radical (unpaired) electrons. The van der Waals surface area contributed by atoms with Gasteiger partial charge in [-0.2, -0.15) is 0 Å². The molecule has 0 bridgehead atoms. The number of ether oxygens (including phenoxy) is 1. The maximum atomic E-state index is 5.10. The molecular formula is C13H19O. The van der Waals surface area contributed by atoms with E-state index < -0.39 is 0 Å². The highest BCUT2D eigenvalue weighted by Gasteiger charge is 2.10. The summed E-state index contributed by atoms with van der Waals surface area (Å²) < 4.78 is 5.10. The van der Waals surface area contributed by atoms with Crippen molar-refractivity contribution in [3.05, 3.63) is 36.2 Å². The van der Waals surface area contributed by atoms with Crippen molar-refractivity contribution < 1.29 is 4.74 Å². The zero-order valence-electron chi connectivity index (χ0n) is 9.50. The average molecular weight is 191 g/mol. The molecule has 0 aliphatic carbocycles. The van der Waals surface area contributed by atoms with Gasteiger partial charge in [-0.25, -0.2) is 0 Å². The van der Waals surface area contributed by atoms with Gasteiger partial charge < -0.3 is 4.74 Å². The van der Waals surface area contributed by atoms with E-state index in [1.165, 1.54) is 5.56 Å². The monoisotopic (exact) mass is 191 g/mol. The predicted molar refractivity (Wildman–Crippen MR) is 60.5 cm³/mol. The highest BCUT2D eigenvalue weighted by atomic mass is 16.5. The van der Waals surface area contributed by atoms with Crippen LogP contribution >= 0.6 is 0 Å². The molecule has 0 atom stereocenters. The summed E-state index contributed by atoms with van der Waals surface area (Å²) in [7, 11) is 1.69. The summed E-state index contributed by atoms with van der Waals surface area (Å²) >= 11 is 0. The number of hydrogen-bond donors (Lipinski definition) is 0. The lowest BCUT2D eigenvalue weighted by molar-refractivity contribution is 0.414. The summed E-state index contributed by atoms with van der Waals surface area (Å²) in [5.74, 6) is 0.921. The van der Waals surface area contributed by atoms with Crippen LogP contribution in [0.2, 0.25) is 0 Å². The third-order valence-electron chi connectivity index (χ3n) is 2.11. The SMILES string of the molecule is COc1ccc(C[CH]C(C)(C)C)cc1. The van der Waals surface area contributed by atoms with Crippen molar-refractivity contribution in [3.63, 3.8) is 0 Å². The number of hydrogen-bond acceptors (Lipinski definition) is 1. The van der Waals surface area contributed by atoms with Crippen molar-refractivity contribution >= 4 is 0 Å². The Kier molecular flexibility index (Phi) is 3.56. The second kappa shape index (κ2) is 4.50. The molecule has 1 aromatic carbocycles. The fraction of sp³-hybridized carbons (Fsp3) is 0.462. The smallest absolute Gasteiger partial charge is 0.118 e. The quantitative estimate of drug-likeness (QED) is 0.710. The summed E-state index contributed by atoms with van der Waals surface area (Å²) in [4.78, 5) is 0. The Balaban J connectivity index is 2.52. The standard InChI is InChI=1S/C13H19O/c1-13(2,3)10-9-11-5-7-12(14-4)8-6-11/h5-8,10H,9H2,1-4H3. The molecule has 0 N–H and O–H groups in total. The summed E-state index contributed by atoms with van der Waals surface area (Å²) in [5.41, 5.74) is 1.63. The molecule has 0 saturated carbocycles. The van der Waals surface area contributed by atoms with E-state index in [-0.39, 0.29) is 0 Å². The molecule has 14 heavy (non-hydrogen) atoms. The van der Waals surface area contributed by atoms with Gasteiger partial charge in [0.2, 0.25) is 0 Å². The van der Waals surface area contributed by atoms with Crippen LogP contribution in [0.25, 0.3) is 0 Å². The Hall–Kier alpha value is -0.980. The summed E-state index contributed by atoms with van der Waals surface area (Å²) in [6, 6.07) is 8.24. The summed E-state index contributed by atoms with van der Waals surface area (Å²) in [5, 5.41) is 0. The zero-order chi connectivity index (χ0) is 10.6. The van der Waals surface area contributed by atoms with Crippen molar-refractivity contribution in [1.82, 2.24) is 0 Å². The third-order valence-corrected chi connectivity index (χ3v) is 2.11. The minimum absolute atomic E-state index is 0.292. The van der Waals surface area contributed by atoms with Gasteiger partial charge in [0.05, 0.1) is 7.11 Å². The van der Waals surface area contributed by atoms with Crippen LogP contribution in [0.15, 0.2) is 24.3 Å². The van der Waals surface area contributed by atoms with E-state index in [1.807, 2.05) is 12.1 Å². The Bertz CT molecular complexity index is 266. The summed E-state index contributed by atoms with van der Waals surface area (Å²) in [6.45, 7) is 6.66. The molecule has 1 heteroatoms. The predicted octanol–water partition coefficient (Wildman–Crippen LogP) is 3.49. The first-order valence-electron chi connectivity index (χ1n) is 4.98. The first-order chi connectivity index (χ1) is 6.51. The fourth-order valence-corrected chi connectivity index (χ4v) is 1.19. The lowest BCUT2D eigenvalue weighted by Gasteiger charge is -2.17. The molecular weight excluding hydrogens is 172 g/mol. The van der Waals surface area contributed by atoms with Crippen LogP contribution in [0.1, 0.15) is 26.3 Å². The van der Waals surface area contributed by atoms with E-state index >= 15 is 0 Å². The number of methoxy groups -OCH3 is 1. The zero-order valence-corrected chi connectivity index (χ0v) is 9.50. The van der Waals surface area contributed by atoms with Crippen molar-refractivity contribution in [2.75, 3.05) is 7.11 Å². The lowest BCUT2D eigenvalue weighted by Crippen LogP contribution is -2.07. The molecule has 0 aliphatic heterocycles. The molecule has 77 valence electrons. The molecule has 1 rings (SSSR count). The Morgan fingerprint density at radius 2 is 1.71 bits per heavy atom. The minimum Gasteiger partial charge on any atom is -0.497 e.